The van der Waals surface area contributed by atoms with Crippen molar-refractivity contribution in [2.24, 2.45) is 5.92 Å². The molecule has 6 nitrogen and oxygen atoms in total. The van der Waals surface area contributed by atoms with Gasteiger partial charge in [-0.2, -0.15) is 4.31 Å². The number of ether oxygens (including phenoxy) is 1. The van der Waals surface area contributed by atoms with E-state index in [0.717, 1.165) is 5.56 Å². The van der Waals surface area contributed by atoms with Gasteiger partial charge in [0.25, 0.3) is 0 Å². The molecule has 1 fully saturated rings. The number of carbonyl (C=O) groups excluding carboxylic acids is 2. The van der Waals surface area contributed by atoms with Crippen molar-refractivity contribution in [3.05, 3.63) is 29.8 Å². The third-order valence-electron chi connectivity index (χ3n) is 3.61. The first kappa shape index (κ1) is 16.6. The molecule has 1 atom stereocenters. The fourth-order valence-electron chi connectivity index (χ4n) is 2.33. The molecule has 1 aromatic rings. The number of carbonyl (C=O) groups is 2. The fourth-order valence-corrected chi connectivity index (χ4v) is 3.79. The van der Waals surface area contributed by atoms with Crippen LogP contribution in [-0.4, -0.2) is 44.2 Å². The maximum atomic E-state index is 12.6. The zero-order chi connectivity index (χ0) is 16.3. The third-order valence-corrected chi connectivity index (χ3v) is 5.49. The van der Waals surface area contributed by atoms with Crippen molar-refractivity contribution in [2.45, 2.75) is 25.2 Å². The molecule has 120 valence electrons. The van der Waals surface area contributed by atoms with E-state index in [1.165, 1.54) is 16.4 Å². The van der Waals surface area contributed by atoms with E-state index in [0.29, 0.717) is 0 Å². The Labute approximate surface area is 130 Å². The summed E-state index contributed by atoms with van der Waals surface area (Å²) in [5.41, 5.74) is 0.956. The molecule has 1 aliphatic heterocycles. The molecular weight excluding hydrogens is 306 g/mol. The molecular formula is C15H19NO5S. The highest BCUT2D eigenvalue weighted by Gasteiger charge is 2.38. The molecule has 0 aliphatic carbocycles. The van der Waals surface area contributed by atoms with Gasteiger partial charge in [-0.05, 0) is 26.0 Å². The summed E-state index contributed by atoms with van der Waals surface area (Å²) < 4.78 is 31.2. The molecule has 22 heavy (non-hydrogen) atoms. The van der Waals surface area contributed by atoms with Crippen molar-refractivity contribution in [1.82, 2.24) is 4.31 Å². The molecule has 0 amide bonds. The van der Waals surface area contributed by atoms with Crippen LogP contribution in [0.1, 0.15) is 18.9 Å². The zero-order valence-electron chi connectivity index (χ0n) is 12.6. The van der Waals surface area contributed by atoms with Gasteiger partial charge >= 0.3 is 5.97 Å². The Kier molecular flexibility index (Phi) is 4.97. The molecule has 7 heteroatoms. The van der Waals surface area contributed by atoms with E-state index in [1.807, 2.05) is 6.92 Å². The first-order valence-corrected chi connectivity index (χ1v) is 8.56. The molecule has 1 aromatic carbocycles. The number of benzene rings is 1. The number of aryl methyl sites for hydroxylation is 1. The van der Waals surface area contributed by atoms with Crippen LogP contribution in [0.15, 0.2) is 29.2 Å². The SMILES string of the molecule is CCOC(=O)[C@H]1CN(S(=O)(=O)c2ccc(C)cc2)CCC1=O. The lowest BCUT2D eigenvalue weighted by molar-refractivity contribution is -0.153. The molecule has 1 aliphatic rings. The summed E-state index contributed by atoms with van der Waals surface area (Å²) in [6, 6.07) is 6.48. The topological polar surface area (TPSA) is 80.8 Å². The average molecular weight is 325 g/mol. The van der Waals surface area contributed by atoms with Crippen LogP contribution in [0.5, 0.6) is 0 Å². The van der Waals surface area contributed by atoms with Gasteiger partial charge in [-0.1, -0.05) is 17.7 Å². The lowest BCUT2D eigenvalue weighted by atomic mass is 9.98. The Bertz CT molecular complexity index is 666. The van der Waals surface area contributed by atoms with E-state index in [2.05, 4.69) is 0 Å². The van der Waals surface area contributed by atoms with Crippen molar-refractivity contribution < 1.29 is 22.7 Å². The van der Waals surface area contributed by atoms with E-state index >= 15 is 0 Å². The summed E-state index contributed by atoms with van der Waals surface area (Å²) >= 11 is 0. The molecule has 0 unspecified atom stereocenters. The zero-order valence-corrected chi connectivity index (χ0v) is 13.4. The maximum absolute atomic E-state index is 12.6. The number of hydrogen-bond donors (Lipinski definition) is 0. The number of rotatable bonds is 4. The third kappa shape index (κ3) is 3.36. The largest absolute Gasteiger partial charge is 0.465 e. The van der Waals surface area contributed by atoms with Crippen LogP contribution in [0, 0.1) is 12.8 Å². The molecule has 0 aromatic heterocycles. The van der Waals surface area contributed by atoms with Gasteiger partial charge in [0.05, 0.1) is 11.5 Å². The summed E-state index contributed by atoms with van der Waals surface area (Å²) in [6.07, 6.45) is 0.0224. The predicted molar refractivity (Wildman–Crippen MR) is 79.7 cm³/mol. The van der Waals surface area contributed by atoms with E-state index in [-0.39, 0.29) is 36.8 Å². The molecule has 0 spiro atoms. The number of hydrogen-bond acceptors (Lipinski definition) is 5. The molecule has 1 heterocycles. The smallest absolute Gasteiger partial charge is 0.317 e. The monoisotopic (exact) mass is 325 g/mol. The van der Waals surface area contributed by atoms with Crippen LogP contribution in [0.2, 0.25) is 0 Å². The Balaban J connectivity index is 2.23. The highest BCUT2D eigenvalue weighted by Crippen LogP contribution is 2.23. The number of esters is 1. The number of sulfonamides is 1. The molecule has 0 bridgehead atoms. The maximum Gasteiger partial charge on any atom is 0.317 e. The first-order chi connectivity index (χ1) is 10.4. The van der Waals surface area contributed by atoms with Crippen LogP contribution in [0.25, 0.3) is 0 Å². The highest BCUT2D eigenvalue weighted by molar-refractivity contribution is 7.89. The molecule has 1 saturated heterocycles. The number of ketones is 1. The van der Waals surface area contributed by atoms with Crippen LogP contribution in [-0.2, 0) is 24.3 Å². The Morgan fingerprint density at radius 3 is 2.55 bits per heavy atom. The normalized spacial score (nSPS) is 19.9. The van der Waals surface area contributed by atoms with Crippen LogP contribution >= 0.6 is 0 Å². The number of nitrogens with zero attached hydrogens (tertiary/aromatic N) is 1. The van der Waals surface area contributed by atoms with Gasteiger partial charge in [0, 0.05) is 19.5 Å². The minimum Gasteiger partial charge on any atom is -0.465 e. The van der Waals surface area contributed by atoms with E-state index in [4.69, 9.17) is 4.74 Å². The number of Topliss-reactive ketones (excluding diaryl/α,β-unsaturated/α-hetero) is 1. The number of piperidine rings is 1. The van der Waals surface area contributed by atoms with Crippen LogP contribution in [0.4, 0.5) is 0 Å². The van der Waals surface area contributed by atoms with Gasteiger partial charge in [0.15, 0.2) is 0 Å². The Hall–Kier alpha value is -1.73. The second-order valence-electron chi connectivity index (χ2n) is 5.20. The molecule has 0 N–H and O–H groups in total. The van der Waals surface area contributed by atoms with Crippen molar-refractivity contribution in [3.8, 4) is 0 Å². The van der Waals surface area contributed by atoms with Gasteiger partial charge in [0.2, 0.25) is 10.0 Å². The summed E-state index contributed by atoms with van der Waals surface area (Å²) in [4.78, 5) is 23.8. The second-order valence-corrected chi connectivity index (χ2v) is 7.13. The average Bonchev–Trinajstić information content (AvgIpc) is 2.48. The van der Waals surface area contributed by atoms with Gasteiger partial charge in [-0.15, -0.1) is 0 Å². The lowest BCUT2D eigenvalue weighted by Crippen LogP contribution is -2.47. The van der Waals surface area contributed by atoms with Gasteiger partial charge in [-0.25, -0.2) is 8.42 Å². The van der Waals surface area contributed by atoms with Crippen molar-refractivity contribution in [1.29, 1.82) is 0 Å². The minimum absolute atomic E-state index is 0.0224. The van der Waals surface area contributed by atoms with E-state index < -0.39 is 21.9 Å². The summed E-state index contributed by atoms with van der Waals surface area (Å²) in [6.45, 7) is 3.60. The van der Waals surface area contributed by atoms with Crippen molar-refractivity contribution in [2.75, 3.05) is 19.7 Å². The van der Waals surface area contributed by atoms with E-state index in [9.17, 15) is 18.0 Å². The summed E-state index contributed by atoms with van der Waals surface area (Å²) in [5, 5.41) is 0. The van der Waals surface area contributed by atoms with Gasteiger partial charge < -0.3 is 4.74 Å². The van der Waals surface area contributed by atoms with Crippen LogP contribution < -0.4 is 0 Å². The standard InChI is InChI=1S/C15H19NO5S/c1-3-21-15(18)13-10-16(9-8-14(13)17)22(19,20)12-6-4-11(2)5-7-12/h4-7,13H,3,8-10H2,1-2H3/t13-/m0/s1. The Morgan fingerprint density at radius 1 is 1.32 bits per heavy atom. The van der Waals surface area contributed by atoms with Crippen LogP contribution in [0.3, 0.4) is 0 Å². The summed E-state index contributed by atoms with van der Waals surface area (Å²) in [7, 11) is -3.71. The molecule has 0 saturated carbocycles. The Morgan fingerprint density at radius 2 is 1.95 bits per heavy atom. The summed E-state index contributed by atoms with van der Waals surface area (Å²) in [5.74, 6) is -1.96. The highest BCUT2D eigenvalue weighted by atomic mass is 32.2. The van der Waals surface area contributed by atoms with E-state index in [1.54, 1.807) is 19.1 Å². The predicted octanol–water partition coefficient (Wildman–Crippen LogP) is 1.14. The fraction of sp³-hybridized carbons (Fsp3) is 0.467. The second kappa shape index (κ2) is 6.58. The molecule has 0 radical (unpaired) electrons. The van der Waals surface area contributed by atoms with Crippen molar-refractivity contribution in [3.63, 3.8) is 0 Å². The minimum atomic E-state index is -3.71. The lowest BCUT2D eigenvalue weighted by Gasteiger charge is -2.29. The molecule has 2 rings (SSSR count). The van der Waals surface area contributed by atoms with Gasteiger partial charge in [-0.3, -0.25) is 9.59 Å². The first-order valence-electron chi connectivity index (χ1n) is 7.12. The van der Waals surface area contributed by atoms with Gasteiger partial charge in [0.1, 0.15) is 11.7 Å². The quantitative estimate of drug-likeness (QED) is 0.612. The van der Waals surface area contributed by atoms with Crippen molar-refractivity contribution >= 4 is 21.8 Å².